The first-order valence-corrected chi connectivity index (χ1v) is 10.1. The van der Waals surface area contributed by atoms with E-state index < -0.39 is 17.0 Å². The molecule has 0 bridgehead atoms. The van der Waals surface area contributed by atoms with Crippen molar-refractivity contribution in [3.05, 3.63) is 90.4 Å². The minimum atomic E-state index is -1.38. The summed E-state index contributed by atoms with van der Waals surface area (Å²) in [6.07, 6.45) is 1.50. The summed E-state index contributed by atoms with van der Waals surface area (Å²) in [5.41, 5.74) is 1.43. The monoisotopic (exact) mass is 408 g/mol. The van der Waals surface area contributed by atoms with Gasteiger partial charge in [-0.05, 0) is 47.6 Å². The van der Waals surface area contributed by atoms with Crippen LogP contribution in [0.25, 0.3) is 16.9 Å². The van der Waals surface area contributed by atoms with Crippen molar-refractivity contribution in [1.82, 2.24) is 9.78 Å². The number of rotatable bonds is 5. The number of phenols is 2. The van der Waals surface area contributed by atoms with Gasteiger partial charge in [0.05, 0.1) is 11.9 Å². The fraction of sp³-hybridized carbons (Fsp3) is 0.0455. The van der Waals surface area contributed by atoms with Crippen molar-refractivity contribution < 1.29 is 19.2 Å². The van der Waals surface area contributed by atoms with Crippen LogP contribution in [0.3, 0.4) is 0 Å². The molecule has 0 aliphatic heterocycles. The number of hydrogen-bond acceptors (Lipinski definition) is 4. The van der Waals surface area contributed by atoms with Gasteiger partial charge < -0.3 is 14.8 Å². The van der Waals surface area contributed by atoms with Gasteiger partial charge in [-0.3, -0.25) is 0 Å². The second-order valence-corrected chi connectivity index (χ2v) is 7.83. The highest BCUT2D eigenvalue weighted by molar-refractivity contribution is 7.90. The molecule has 1 unspecified atom stereocenters. The van der Waals surface area contributed by atoms with Crippen molar-refractivity contribution >= 4 is 11.2 Å². The molecule has 0 saturated carbocycles. The zero-order valence-electron chi connectivity index (χ0n) is 15.2. The molecule has 0 spiro atoms. The molecule has 0 fully saturated rings. The largest absolute Gasteiger partial charge is 0.611 e. The van der Waals surface area contributed by atoms with Crippen LogP contribution < -0.4 is 0 Å². The molecule has 4 aromatic rings. The number of phenolic OH excluding ortho intramolecular Hbond substituents is 2. The van der Waals surface area contributed by atoms with E-state index in [4.69, 9.17) is 0 Å². The number of hydrogen-bond donors (Lipinski definition) is 2. The van der Waals surface area contributed by atoms with Crippen LogP contribution in [0.15, 0.2) is 83.9 Å². The Bertz CT molecular complexity index is 1150. The lowest BCUT2D eigenvalue weighted by atomic mass is 10.1. The summed E-state index contributed by atoms with van der Waals surface area (Å²) in [4.78, 5) is 0.637. The van der Waals surface area contributed by atoms with Crippen molar-refractivity contribution in [3.63, 3.8) is 0 Å². The Balaban J connectivity index is 1.74. The summed E-state index contributed by atoms with van der Waals surface area (Å²) in [5, 5.41) is 24.8. The number of aromatic nitrogens is 2. The molecule has 0 amide bonds. The molecule has 0 radical (unpaired) electrons. The summed E-state index contributed by atoms with van der Waals surface area (Å²) < 4.78 is 28.3. The maximum atomic E-state index is 14.2. The summed E-state index contributed by atoms with van der Waals surface area (Å²) in [5.74, 6) is -0.736. The number of nitrogens with zero attached hydrogens (tertiary/aromatic N) is 2. The highest BCUT2D eigenvalue weighted by atomic mass is 32.2. The number of benzene rings is 3. The second-order valence-electron chi connectivity index (χ2n) is 6.38. The molecule has 5 nitrogen and oxygen atoms in total. The zero-order chi connectivity index (χ0) is 20.4. The van der Waals surface area contributed by atoms with Crippen molar-refractivity contribution in [2.24, 2.45) is 0 Å². The summed E-state index contributed by atoms with van der Waals surface area (Å²) >= 11 is -1.38. The zero-order valence-corrected chi connectivity index (χ0v) is 16.0. The highest BCUT2D eigenvalue weighted by Gasteiger charge is 2.20. The van der Waals surface area contributed by atoms with Gasteiger partial charge in [-0.2, -0.15) is 5.10 Å². The van der Waals surface area contributed by atoms with Gasteiger partial charge in [-0.15, -0.1) is 0 Å². The molecule has 0 aliphatic carbocycles. The quantitative estimate of drug-likeness (QED) is 0.480. The molecule has 7 heteroatoms. The van der Waals surface area contributed by atoms with Crippen LogP contribution >= 0.6 is 0 Å². The van der Waals surface area contributed by atoms with Crippen molar-refractivity contribution in [1.29, 1.82) is 0 Å². The van der Waals surface area contributed by atoms with Crippen LogP contribution in [0.5, 0.6) is 11.5 Å². The Morgan fingerprint density at radius 2 is 1.66 bits per heavy atom. The Morgan fingerprint density at radius 1 is 0.931 bits per heavy atom. The third-order valence-corrected chi connectivity index (χ3v) is 5.86. The fourth-order valence-corrected chi connectivity index (χ4v) is 4.20. The normalized spacial score (nSPS) is 12.1. The Hall–Kier alpha value is -3.29. The van der Waals surface area contributed by atoms with Gasteiger partial charge in [0.15, 0.2) is 4.90 Å². The Labute approximate surface area is 169 Å². The number of para-hydroxylation sites is 1. The van der Waals surface area contributed by atoms with Gasteiger partial charge in [0.2, 0.25) is 0 Å². The topological polar surface area (TPSA) is 81.3 Å². The SMILES string of the molecule is [O-][S+](Cc1cc(-c2ccnn2-c2ccccc2F)c(O)cc1O)c1ccccc1. The van der Waals surface area contributed by atoms with Gasteiger partial charge in [-0.25, -0.2) is 9.07 Å². The Kier molecular flexibility index (Phi) is 5.24. The molecular weight excluding hydrogens is 391 g/mol. The molecule has 3 aromatic carbocycles. The number of halogens is 1. The van der Waals surface area contributed by atoms with E-state index in [2.05, 4.69) is 5.10 Å². The summed E-state index contributed by atoms with van der Waals surface area (Å²) in [6.45, 7) is 0. The second kappa shape index (κ2) is 7.98. The molecule has 29 heavy (non-hydrogen) atoms. The van der Waals surface area contributed by atoms with Crippen LogP contribution in [0.1, 0.15) is 5.56 Å². The minimum absolute atomic E-state index is 0.0664. The predicted molar refractivity (Wildman–Crippen MR) is 109 cm³/mol. The van der Waals surface area contributed by atoms with E-state index in [1.54, 1.807) is 54.6 Å². The van der Waals surface area contributed by atoms with E-state index >= 15 is 0 Å². The van der Waals surface area contributed by atoms with E-state index in [-0.39, 0.29) is 22.9 Å². The minimum Gasteiger partial charge on any atom is -0.611 e. The predicted octanol–water partition coefficient (Wildman–Crippen LogP) is 4.40. The smallest absolute Gasteiger partial charge is 0.153 e. The first-order valence-electron chi connectivity index (χ1n) is 8.82. The van der Waals surface area contributed by atoms with Crippen LogP contribution in [0.2, 0.25) is 0 Å². The molecule has 146 valence electrons. The maximum Gasteiger partial charge on any atom is 0.153 e. The number of aromatic hydroxyl groups is 2. The first kappa shape index (κ1) is 19.0. The van der Waals surface area contributed by atoms with Gasteiger partial charge in [-0.1, -0.05) is 30.3 Å². The average Bonchev–Trinajstić information content (AvgIpc) is 3.20. The van der Waals surface area contributed by atoms with Crippen LogP contribution in [0, 0.1) is 5.82 Å². The summed E-state index contributed by atoms with van der Waals surface area (Å²) in [6, 6.07) is 19.5. The molecule has 1 aromatic heterocycles. The highest BCUT2D eigenvalue weighted by Crippen LogP contribution is 2.37. The van der Waals surface area contributed by atoms with E-state index in [0.29, 0.717) is 21.7 Å². The molecule has 1 heterocycles. The van der Waals surface area contributed by atoms with Crippen molar-refractivity contribution in [3.8, 4) is 28.4 Å². The average molecular weight is 408 g/mol. The lowest BCUT2D eigenvalue weighted by Gasteiger charge is -2.14. The lowest BCUT2D eigenvalue weighted by Crippen LogP contribution is -2.06. The van der Waals surface area contributed by atoms with Crippen molar-refractivity contribution in [2.75, 3.05) is 0 Å². The third-order valence-electron chi connectivity index (χ3n) is 4.49. The maximum absolute atomic E-state index is 14.2. The molecule has 4 rings (SSSR count). The lowest BCUT2D eigenvalue weighted by molar-refractivity contribution is 0.448. The van der Waals surface area contributed by atoms with Gasteiger partial charge in [0.25, 0.3) is 0 Å². The first-order chi connectivity index (χ1) is 14.0. The van der Waals surface area contributed by atoms with Crippen LogP contribution in [-0.4, -0.2) is 24.5 Å². The summed E-state index contributed by atoms with van der Waals surface area (Å²) in [7, 11) is 0. The van der Waals surface area contributed by atoms with Crippen molar-refractivity contribution in [2.45, 2.75) is 10.6 Å². The van der Waals surface area contributed by atoms with E-state index in [0.717, 1.165) is 0 Å². The third kappa shape index (κ3) is 3.83. The molecule has 1 atom stereocenters. The molecule has 2 N–H and O–H groups in total. The van der Waals surface area contributed by atoms with Crippen LogP contribution in [-0.2, 0) is 16.9 Å². The van der Waals surface area contributed by atoms with Gasteiger partial charge in [0, 0.05) is 17.2 Å². The fourth-order valence-electron chi connectivity index (χ4n) is 3.06. The van der Waals surface area contributed by atoms with E-state index in [1.807, 2.05) is 6.07 Å². The molecule has 0 saturated heterocycles. The van der Waals surface area contributed by atoms with Gasteiger partial charge >= 0.3 is 0 Å². The van der Waals surface area contributed by atoms with E-state index in [1.165, 1.54) is 23.0 Å². The Morgan fingerprint density at radius 3 is 2.41 bits per heavy atom. The van der Waals surface area contributed by atoms with E-state index in [9.17, 15) is 19.2 Å². The van der Waals surface area contributed by atoms with Crippen LogP contribution in [0.4, 0.5) is 4.39 Å². The standard InChI is InChI=1S/C22H17FN2O3S/c23-18-8-4-5-9-20(18)25-19(10-11-24-25)17-12-15(21(26)13-22(17)27)14-29(28)16-6-2-1-3-7-16/h1-13,26-27H,14H2. The van der Waals surface area contributed by atoms with Gasteiger partial charge in [0.1, 0.15) is 28.8 Å². The molecule has 0 aliphatic rings. The molecular formula is C22H17FN2O3S.